The molecule has 3 rings (SSSR count). The Labute approximate surface area is 161 Å². The van der Waals surface area contributed by atoms with Gasteiger partial charge in [0, 0.05) is 11.6 Å². The summed E-state index contributed by atoms with van der Waals surface area (Å²) in [6.07, 6.45) is -1.06. The van der Waals surface area contributed by atoms with Crippen molar-refractivity contribution in [3.05, 3.63) is 77.1 Å². The van der Waals surface area contributed by atoms with Crippen LogP contribution in [0.5, 0.6) is 0 Å². The van der Waals surface area contributed by atoms with E-state index < -0.39 is 16.1 Å². The van der Waals surface area contributed by atoms with E-state index in [2.05, 4.69) is 9.84 Å². The van der Waals surface area contributed by atoms with Crippen LogP contribution in [0.25, 0.3) is 16.9 Å². The zero-order chi connectivity index (χ0) is 20.1. The van der Waals surface area contributed by atoms with Crippen molar-refractivity contribution in [3.63, 3.8) is 0 Å². The van der Waals surface area contributed by atoms with Gasteiger partial charge in [-0.2, -0.15) is 9.78 Å². The molecule has 3 aromatic rings. The Morgan fingerprint density at radius 3 is 2.36 bits per heavy atom. The molecule has 0 aliphatic carbocycles. The van der Waals surface area contributed by atoms with Crippen LogP contribution in [-0.2, 0) is 14.8 Å². The van der Waals surface area contributed by atoms with Gasteiger partial charge in [-0.25, -0.2) is 17.9 Å². The van der Waals surface area contributed by atoms with E-state index in [4.69, 9.17) is 0 Å². The quantitative estimate of drug-likeness (QED) is 0.706. The van der Waals surface area contributed by atoms with Crippen molar-refractivity contribution in [2.24, 2.45) is 0 Å². The van der Waals surface area contributed by atoms with Gasteiger partial charge in [-0.15, -0.1) is 0 Å². The highest BCUT2D eigenvalue weighted by molar-refractivity contribution is 7.90. The molecule has 0 saturated carbocycles. The number of ether oxygens (including phenoxy) is 1. The summed E-state index contributed by atoms with van der Waals surface area (Å²) in [5, 5.41) is 4.34. The average molecular weight is 399 g/mol. The van der Waals surface area contributed by atoms with Gasteiger partial charge in [0.05, 0.1) is 22.9 Å². The second-order valence-electron chi connectivity index (χ2n) is 5.65. The predicted octanol–water partition coefficient (Wildman–Crippen LogP) is 2.33. The van der Waals surface area contributed by atoms with Crippen LogP contribution in [-0.4, -0.2) is 30.9 Å². The number of aromatic nitrogens is 2. The Balaban J connectivity index is 1.92. The number of hydrogen-bond acceptors (Lipinski definition) is 6. The molecule has 0 aliphatic heterocycles. The SMILES string of the molecule is CCOC(=O)NS(=O)(=O)c1ccc(-n2nc(-c3ccccc3)ccc2=O)cc1. The molecule has 1 N–H and O–H groups in total. The normalized spacial score (nSPS) is 11.0. The molecule has 0 saturated heterocycles. The van der Waals surface area contributed by atoms with Crippen molar-refractivity contribution in [3.8, 4) is 16.9 Å². The number of nitrogens with one attached hydrogen (secondary N) is 1. The number of rotatable bonds is 5. The van der Waals surface area contributed by atoms with Crippen molar-refractivity contribution < 1.29 is 17.9 Å². The van der Waals surface area contributed by atoms with Crippen molar-refractivity contribution in [1.82, 2.24) is 14.5 Å². The smallest absolute Gasteiger partial charge is 0.421 e. The number of carbonyl (C=O) groups is 1. The summed E-state index contributed by atoms with van der Waals surface area (Å²) in [5.74, 6) is 0. The lowest BCUT2D eigenvalue weighted by Crippen LogP contribution is -2.31. The molecule has 1 aromatic heterocycles. The summed E-state index contributed by atoms with van der Waals surface area (Å²) in [6, 6.07) is 17.8. The summed E-state index contributed by atoms with van der Waals surface area (Å²) >= 11 is 0. The molecule has 9 heteroatoms. The molecule has 1 heterocycles. The molecule has 28 heavy (non-hydrogen) atoms. The molecule has 0 unspecified atom stereocenters. The minimum absolute atomic E-state index is 0.0482. The van der Waals surface area contributed by atoms with Crippen LogP contribution >= 0.6 is 0 Å². The van der Waals surface area contributed by atoms with Gasteiger partial charge in [-0.05, 0) is 37.3 Å². The van der Waals surface area contributed by atoms with E-state index >= 15 is 0 Å². The third kappa shape index (κ3) is 4.26. The molecule has 0 spiro atoms. The van der Waals surface area contributed by atoms with Crippen LogP contribution in [0.4, 0.5) is 4.79 Å². The fourth-order valence-corrected chi connectivity index (χ4v) is 3.35. The molecular formula is C19H17N3O5S. The van der Waals surface area contributed by atoms with E-state index in [0.29, 0.717) is 11.4 Å². The zero-order valence-electron chi connectivity index (χ0n) is 14.9. The minimum Gasteiger partial charge on any atom is -0.449 e. The van der Waals surface area contributed by atoms with Crippen LogP contribution < -0.4 is 10.3 Å². The lowest BCUT2D eigenvalue weighted by Gasteiger charge is -2.09. The monoisotopic (exact) mass is 399 g/mol. The summed E-state index contributed by atoms with van der Waals surface area (Å²) < 4.78 is 31.9. The van der Waals surface area contributed by atoms with E-state index in [-0.39, 0.29) is 17.1 Å². The van der Waals surface area contributed by atoms with Gasteiger partial charge >= 0.3 is 6.09 Å². The third-order valence-corrected chi connectivity index (χ3v) is 5.08. The largest absolute Gasteiger partial charge is 0.449 e. The molecule has 0 fully saturated rings. The molecule has 0 atom stereocenters. The Morgan fingerprint density at radius 1 is 1.04 bits per heavy atom. The molecule has 0 bridgehead atoms. The van der Waals surface area contributed by atoms with Gasteiger partial charge in [0.25, 0.3) is 15.6 Å². The first-order chi connectivity index (χ1) is 13.4. The molecule has 144 valence electrons. The molecule has 2 aromatic carbocycles. The molecular weight excluding hydrogens is 382 g/mol. The molecule has 1 amide bonds. The third-order valence-electron chi connectivity index (χ3n) is 3.75. The van der Waals surface area contributed by atoms with Gasteiger partial charge < -0.3 is 4.74 Å². The zero-order valence-corrected chi connectivity index (χ0v) is 15.7. The van der Waals surface area contributed by atoms with Crippen molar-refractivity contribution in [2.75, 3.05) is 6.61 Å². The van der Waals surface area contributed by atoms with Gasteiger partial charge in [0.15, 0.2) is 0 Å². The Bertz CT molecular complexity index is 1140. The lowest BCUT2D eigenvalue weighted by molar-refractivity contribution is 0.158. The van der Waals surface area contributed by atoms with Gasteiger partial charge in [0.2, 0.25) is 0 Å². The second kappa shape index (κ2) is 8.05. The van der Waals surface area contributed by atoms with Gasteiger partial charge in [-0.3, -0.25) is 4.79 Å². The van der Waals surface area contributed by atoms with E-state index in [0.717, 1.165) is 5.56 Å². The number of amides is 1. The average Bonchev–Trinajstić information content (AvgIpc) is 2.69. The standard InChI is InChI=1S/C19H17N3O5S/c1-2-27-19(24)21-28(25,26)16-10-8-15(9-11-16)22-18(23)13-12-17(20-22)14-6-4-3-5-7-14/h3-13H,2H2,1H3,(H,21,24). The maximum atomic E-state index is 12.2. The first-order valence-electron chi connectivity index (χ1n) is 8.36. The predicted molar refractivity (Wildman–Crippen MR) is 103 cm³/mol. The lowest BCUT2D eigenvalue weighted by atomic mass is 10.1. The van der Waals surface area contributed by atoms with Gasteiger partial charge in [-0.1, -0.05) is 30.3 Å². The summed E-state index contributed by atoms with van der Waals surface area (Å²) in [4.78, 5) is 23.4. The van der Waals surface area contributed by atoms with E-state index in [9.17, 15) is 18.0 Å². The number of benzene rings is 2. The minimum atomic E-state index is -4.07. The fourth-order valence-electron chi connectivity index (χ4n) is 2.45. The van der Waals surface area contributed by atoms with Crippen LogP contribution in [0.1, 0.15) is 6.92 Å². The van der Waals surface area contributed by atoms with Crippen LogP contribution in [0.3, 0.4) is 0 Å². The summed E-state index contributed by atoms with van der Waals surface area (Å²) in [7, 11) is -4.07. The Hall–Kier alpha value is -3.46. The first-order valence-corrected chi connectivity index (χ1v) is 9.85. The molecule has 8 nitrogen and oxygen atoms in total. The Morgan fingerprint density at radius 2 is 1.71 bits per heavy atom. The second-order valence-corrected chi connectivity index (χ2v) is 7.34. The van der Waals surface area contributed by atoms with Crippen LogP contribution in [0.2, 0.25) is 0 Å². The highest BCUT2D eigenvalue weighted by Gasteiger charge is 2.18. The fraction of sp³-hybridized carbons (Fsp3) is 0.105. The number of carbonyl (C=O) groups excluding carboxylic acids is 1. The van der Waals surface area contributed by atoms with Gasteiger partial charge in [0.1, 0.15) is 0 Å². The summed E-state index contributed by atoms with van der Waals surface area (Å²) in [5.41, 5.74) is 1.47. The Kier molecular flexibility index (Phi) is 5.55. The van der Waals surface area contributed by atoms with Crippen LogP contribution in [0, 0.1) is 0 Å². The van der Waals surface area contributed by atoms with E-state index in [1.54, 1.807) is 17.7 Å². The highest BCUT2D eigenvalue weighted by atomic mass is 32.2. The number of nitrogens with zero attached hydrogens (tertiary/aromatic N) is 2. The van der Waals surface area contributed by atoms with E-state index in [1.165, 1.54) is 35.0 Å². The van der Waals surface area contributed by atoms with Crippen molar-refractivity contribution in [2.45, 2.75) is 11.8 Å². The maximum absolute atomic E-state index is 12.2. The maximum Gasteiger partial charge on any atom is 0.421 e. The van der Waals surface area contributed by atoms with Crippen LogP contribution in [0.15, 0.2) is 76.4 Å². The highest BCUT2D eigenvalue weighted by Crippen LogP contribution is 2.16. The van der Waals surface area contributed by atoms with E-state index in [1.807, 2.05) is 30.3 Å². The number of sulfonamides is 1. The first kappa shape index (κ1) is 19.3. The topological polar surface area (TPSA) is 107 Å². The molecule has 0 radical (unpaired) electrons. The molecule has 0 aliphatic rings. The summed E-state index contributed by atoms with van der Waals surface area (Å²) in [6.45, 7) is 1.61. The van der Waals surface area contributed by atoms with Crippen molar-refractivity contribution in [1.29, 1.82) is 0 Å². The van der Waals surface area contributed by atoms with Crippen molar-refractivity contribution >= 4 is 16.1 Å². The number of hydrogen-bond donors (Lipinski definition) is 1.